The lowest BCUT2D eigenvalue weighted by Crippen LogP contribution is -2.04. The van der Waals surface area contributed by atoms with Crippen LogP contribution in [0.5, 0.6) is 0 Å². The van der Waals surface area contributed by atoms with Crippen molar-refractivity contribution >= 4 is 40.7 Å². The van der Waals surface area contributed by atoms with E-state index in [1.54, 1.807) is 18.2 Å². The third-order valence-electron chi connectivity index (χ3n) is 3.94. The van der Waals surface area contributed by atoms with Gasteiger partial charge in [-0.2, -0.15) is 0 Å². The Balaban J connectivity index is 1.58. The van der Waals surface area contributed by atoms with E-state index >= 15 is 0 Å². The number of carbonyl (C=O) groups is 1. The van der Waals surface area contributed by atoms with Crippen LogP contribution in [-0.4, -0.2) is 21.7 Å². The molecule has 2 aromatic rings. The van der Waals surface area contributed by atoms with Gasteiger partial charge in [-0.1, -0.05) is 54.2 Å². The molecule has 1 aliphatic carbocycles. The first-order chi connectivity index (χ1) is 11.1. The summed E-state index contributed by atoms with van der Waals surface area (Å²) in [5, 5.41) is 9.42. The minimum atomic E-state index is -0.0500. The summed E-state index contributed by atoms with van der Waals surface area (Å²) in [6.45, 7) is 0. The summed E-state index contributed by atoms with van der Waals surface area (Å²) in [6.07, 6.45) is 5.92. The Bertz CT molecular complexity index is 699. The highest BCUT2D eigenvalue weighted by Gasteiger charge is 2.21. The van der Waals surface area contributed by atoms with Crippen molar-refractivity contribution in [3.63, 3.8) is 0 Å². The Morgan fingerprint density at radius 2 is 1.96 bits per heavy atom. The van der Waals surface area contributed by atoms with Gasteiger partial charge in [0, 0.05) is 11.5 Å². The second-order valence-corrected chi connectivity index (χ2v) is 7.32. The Kier molecular flexibility index (Phi) is 5.62. The van der Waals surface area contributed by atoms with Crippen LogP contribution in [0.25, 0.3) is 0 Å². The second-order valence-electron chi connectivity index (χ2n) is 5.58. The number of ketones is 1. The number of thioether (sulfide) groups is 1. The Morgan fingerprint density at radius 3 is 2.70 bits per heavy atom. The van der Waals surface area contributed by atoms with Crippen LogP contribution in [0.1, 0.15) is 54.3 Å². The summed E-state index contributed by atoms with van der Waals surface area (Å²) >= 11 is 13.0. The average molecular weight is 371 g/mol. The van der Waals surface area contributed by atoms with E-state index in [2.05, 4.69) is 10.2 Å². The molecule has 0 amide bonds. The van der Waals surface area contributed by atoms with E-state index in [1.165, 1.54) is 31.0 Å². The van der Waals surface area contributed by atoms with Gasteiger partial charge in [0.1, 0.15) is 0 Å². The molecule has 0 radical (unpaired) electrons. The van der Waals surface area contributed by atoms with E-state index in [0.717, 1.165) is 12.8 Å². The quantitative estimate of drug-likeness (QED) is 0.520. The Labute approximate surface area is 148 Å². The molecule has 0 bridgehead atoms. The molecule has 122 valence electrons. The molecule has 0 aliphatic heterocycles. The van der Waals surface area contributed by atoms with Gasteiger partial charge in [0.2, 0.25) is 5.89 Å². The summed E-state index contributed by atoms with van der Waals surface area (Å²) in [7, 11) is 0. The van der Waals surface area contributed by atoms with Crippen LogP contribution in [0, 0.1) is 0 Å². The highest BCUT2D eigenvalue weighted by Crippen LogP contribution is 2.33. The fourth-order valence-corrected chi connectivity index (χ4v) is 3.64. The van der Waals surface area contributed by atoms with Crippen LogP contribution in [0.15, 0.2) is 27.8 Å². The van der Waals surface area contributed by atoms with Crippen molar-refractivity contribution in [2.45, 2.75) is 43.2 Å². The molecular formula is C16H16Cl2N2O2S. The fourth-order valence-electron chi connectivity index (χ4n) is 2.67. The zero-order chi connectivity index (χ0) is 16.2. The molecule has 1 saturated carbocycles. The van der Waals surface area contributed by atoms with Gasteiger partial charge >= 0.3 is 0 Å². The van der Waals surface area contributed by atoms with Gasteiger partial charge in [-0.3, -0.25) is 4.79 Å². The molecular weight excluding hydrogens is 355 g/mol. The van der Waals surface area contributed by atoms with Crippen molar-refractivity contribution in [2.24, 2.45) is 0 Å². The minimum Gasteiger partial charge on any atom is -0.416 e. The summed E-state index contributed by atoms with van der Waals surface area (Å²) in [5.41, 5.74) is 0.527. The zero-order valence-electron chi connectivity index (χ0n) is 12.4. The molecule has 0 N–H and O–H groups in total. The van der Waals surface area contributed by atoms with E-state index in [1.807, 2.05) is 0 Å². The molecule has 0 atom stereocenters. The third kappa shape index (κ3) is 4.28. The molecule has 0 saturated heterocycles. The van der Waals surface area contributed by atoms with Crippen LogP contribution in [0.3, 0.4) is 0 Å². The smallest absolute Gasteiger partial charge is 0.277 e. The van der Waals surface area contributed by atoms with E-state index in [9.17, 15) is 4.79 Å². The average Bonchev–Trinajstić information content (AvgIpc) is 3.05. The first-order valence-electron chi connectivity index (χ1n) is 7.58. The van der Waals surface area contributed by atoms with E-state index in [0.29, 0.717) is 32.6 Å². The Hall–Kier alpha value is -1.04. The first kappa shape index (κ1) is 16.8. The van der Waals surface area contributed by atoms with E-state index in [4.69, 9.17) is 27.6 Å². The van der Waals surface area contributed by atoms with Gasteiger partial charge in [0.25, 0.3) is 5.22 Å². The predicted molar refractivity (Wildman–Crippen MR) is 91.6 cm³/mol. The van der Waals surface area contributed by atoms with Gasteiger partial charge in [-0.05, 0) is 31.0 Å². The van der Waals surface area contributed by atoms with Gasteiger partial charge in [0.05, 0.1) is 15.8 Å². The van der Waals surface area contributed by atoms with Crippen molar-refractivity contribution in [1.82, 2.24) is 10.2 Å². The maximum Gasteiger partial charge on any atom is 0.277 e. The second kappa shape index (κ2) is 7.69. The summed E-state index contributed by atoms with van der Waals surface area (Å²) < 4.78 is 5.69. The molecule has 1 aromatic heterocycles. The maximum atomic E-state index is 12.2. The maximum absolute atomic E-state index is 12.2. The number of aromatic nitrogens is 2. The molecule has 1 heterocycles. The molecule has 0 unspecified atom stereocenters. The Morgan fingerprint density at radius 1 is 1.17 bits per heavy atom. The lowest BCUT2D eigenvalue weighted by molar-refractivity contribution is 0.102. The largest absolute Gasteiger partial charge is 0.416 e. The molecule has 0 spiro atoms. The highest BCUT2D eigenvalue weighted by molar-refractivity contribution is 7.99. The first-order valence-corrected chi connectivity index (χ1v) is 9.32. The van der Waals surface area contributed by atoms with Crippen molar-refractivity contribution in [3.8, 4) is 0 Å². The molecule has 1 fully saturated rings. The molecule has 23 heavy (non-hydrogen) atoms. The lowest BCUT2D eigenvalue weighted by atomic mass is 9.89. The van der Waals surface area contributed by atoms with Crippen LogP contribution >= 0.6 is 35.0 Å². The number of Topliss-reactive ketones (excluding diaryl/α,β-unsaturated/α-hetero) is 1. The monoisotopic (exact) mass is 370 g/mol. The zero-order valence-corrected chi connectivity index (χ0v) is 14.8. The van der Waals surface area contributed by atoms with Crippen LogP contribution < -0.4 is 0 Å². The fraction of sp³-hybridized carbons (Fsp3) is 0.438. The highest BCUT2D eigenvalue weighted by atomic mass is 35.5. The normalized spacial score (nSPS) is 15.7. The molecule has 4 nitrogen and oxygen atoms in total. The SMILES string of the molecule is O=C(CSc1nnc(C2CCCCC2)o1)c1ccc(Cl)c(Cl)c1. The van der Waals surface area contributed by atoms with Crippen LogP contribution in [0.2, 0.25) is 10.0 Å². The van der Waals surface area contributed by atoms with Gasteiger partial charge in [-0.25, -0.2) is 0 Å². The van der Waals surface area contributed by atoms with Crippen LogP contribution in [0.4, 0.5) is 0 Å². The third-order valence-corrected chi connectivity index (χ3v) is 5.50. The molecule has 1 aliphatic rings. The molecule has 1 aromatic carbocycles. The number of carbonyl (C=O) groups excluding carboxylic acids is 1. The number of benzene rings is 1. The summed E-state index contributed by atoms with van der Waals surface area (Å²) in [5.74, 6) is 1.25. The van der Waals surface area contributed by atoms with Crippen LogP contribution in [-0.2, 0) is 0 Å². The van der Waals surface area contributed by atoms with Gasteiger partial charge < -0.3 is 4.42 Å². The lowest BCUT2D eigenvalue weighted by Gasteiger charge is -2.17. The molecule has 3 rings (SSSR count). The van der Waals surface area contributed by atoms with Crippen molar-refractivity contribution in [1.29, 1.82) is 0 Å². The number of nitrogens with zero attached hydrogens (tertiary/aromatic N) is 2. The van der Waals surface area contributed by atoms with E-state index < -0.39 is 0 Å². The van der Waals surface area contributed by atoms with Gasteiger partial charge in [0.15, 0.2) is 5.78 Å². The topological polar surface area (TPSA) is 56.0 Å². The van der Waals surface area contributed by atoms with Gasteiger partial charge in [-0.15, -0.1) is 10.2 Å². The van der Waals surface area contributed by atoms with Crippen molar-refractivity contribution < 1.29 is 9.21 Å². The molecule has 7 heteroatoms. The number of hydrogen-bond donors (Lipinski definition) is 0. The van der Waals surface area contributed by atoms with Crippen molar-refractivity contribution in [2.75, 3.05) is 5.75 Å². The number of hydrogen-bond acceptors (Lipinski definition) is 5. The van der Waals surface area contributed by atoms with Crippen molar-refractivity contribution in [3.05, 3.63) is 39.7 Å². The summed E-state index contributed by atoms with van der Waals surface area (Å²) in [4.78, 5) is 12.2. The number of halogens is 2. The number of rotatable bonds is 5. The summed E-state index contributed by atoms with van der Waals surface area (Å²) in [6, 6.07) is 4.86. The van der Waals surface area contributed by atoms with E-state index in [-0.39, 0.29) is 11.5 Å². The standard InChI is InChI=1S/C16H16Cl2N2O2S/c17-12-7-6-11(8-13(12)18)14(21)9-23-16-20-19-15(22-16)10-4-2-1-3-5-10/h6-8,10H,1-5,9H2. The predicted octanol–water partition coefficient (Wildman–Crippen LogP) is 5.40. The minimum absolute atomic E-state index is 0.0500.